The van der Waals surface area contributed by atoms with E-state index in [9.17, 15) is 26.8 Å². The van der Waals surface area contributed by atoms with Gasteiger partial charge in [0.05, 0.1) is 6.54 Å². The Bertz CT molecular complexity index is 1140. The van der Waals surface area contributed by atoms with Crippen LogP contribution in [0.25, 0.3) is 0 Å². The minimum atomic E-state index is -4.46. The van der Waals surface area contributed by atoms with Gasteiger partial charge >= 0.3 is 0 Å². The van der Waals surface area contributed by atoms with Crippen molar-refractivity contribution in [2.45, 2.75) is 18.7 Å². The van der Waals surface area contributed by atoms with Crippen molar-refractivity contribution < 1.29 is 26.8 Å². The van der Waals surface area contributed by atoms with Crippen LogP contribution in [0.5, 0.6) is 0 Å². The van der Waals surface area contributed by atoms with E-state index in [0.29, 0.717) is 25.2 Å². The van der Waals surface area contributed by atoms with E-state index in [0.717, 1.165) is 16.8 Å². The fourth-order valence-electron chi connectivity index (χ4n) is 3.61. The Morgan fingerprint density at radius 3 is 2.19 bits per heavy atom. The second-order valence-corrected chi connectivity index (χ2v) is 9.19. The van der Waals surface area contributed by atoms with E-state index in [4.69, 9.17) is 5.14 Å². The Kier molecular flexibility index (Phi) is 6.91. The first-order chi connectivity index (χ1) is 15.0. The predicted octanol–water partition coefficient (Wildman–Crippen LogP) is 1.63. The highest BCUT2D eigenvalue weighted by atomic mass is 32.2. The Morgan fingerprint density at radius 1 is 1.03 bits per heavy atom. The molecule has 0 aliphatic carbocycles. The van der Waals surface area contributed by atoms with Gasteiger partial charge in [-0.2, -0.15) is 0 Å². The zero-order chi connectivity index (χ0) is 23.6. The lowest BCUT2D eigenvalue weighted by Gasteiger charge is -2.34. The highest BCUT2D eigenvalue weighted by molar-refractivity contribution is 7.89. The average molecular weight is 467 g/mol. The molecule has 2 aromatic rings. The molecule has 1 aliphatic heterocycles. The van der Waals surface area contributed by atoms with Crippen LogP contribution in [-0.2, 0) is 14.8 Å². The van der Waals surface area contributed by atoms with E-state index in [2.05, 4.69) is 5.32 Å². The summed E-state index contributed by atoms with van der Waals surface area (Å²) in [5.41, 5.74) is 1.68. The molecule has 1 heterocycles. The highest BCUT2D eigenvalue weighted by Gasteiger charge is 2.30. The van der Waals surface area contributed by atoms with Crippen LogP contribution in [0, 0.1) is 25.5 Å². The molecule has 32 heavy (non-hydrogen) atoms. The molecule has 8 nitrogen and oxygen atoms in total. The molecule has 1 aliphatic rings. The van der Waals surface area contributed by atoms with Gasteiger partial charge in [-0.1, -0.05) is 18.2 Å². The van der Waals surface area contributed by atoms with Crippen molar-refractivity contribution in [3.05, 3.63) is 58.7 Å². The zero-order valence-corrected chi connectivity index (χ0v) is 18.5. The fraction of sp³-hybridized carbons (Fsp3) is 0.333. The standard InChI is InChI=1S/C21H24F2N4O4S/c1-13-4-3-5-14(2)20(13)25-17(28)12-26-8-10-27(11-9-26)21(29)18-15(22)6-7-16(19(18)23)32(24,30)31/h3-7H,8-12H2,1-2H3,(H,25,28)(H2,24,30,31). The largest absolute Gasteiger partial charge is 0.336 e. The number of anilines is 1. The molecular formula is C21H24F2N4O4S. The molecule has 0 unspecified atom stereocenters. The topological polar surface area (TPSA) is 113 Å². The number of nitrogens with zero attached hydrogens (tertiary/aromatic N) is 2. The minimum Gasteiger partial charge on any atom is -0.336 e. The number of primary sulfonamides is 1. The number of para-hydroxylation sites is 1. The van der Waals surface area contributed by atoms with Crippen LogP contribution in [0.3, 0.4) is 0 Å². The Labute approximate surface area is 185 Å². The number of hydrogen-bond donors (Lipinski definition) is 2. The van der Waals surface area contributed by atoms with Crippen LogP contribution in [0.1, 0.15) is 21.5 Å². The van der Waals surface area contributed by atoms with Crippen molar-refractivity contribution in [3.63, 3.8) is 0 Å². The molecule has 1 fully saturated rings. The number of carbonyl (C=O) groups excluding carboxylic acids is 2. The first-order valence-corrected chi connectivity index (χ1v) is 11.4. The maximum atomic E-state index is 14.5. The maximum Gasteiger partial charge on any atom is 0.259 e. The third-order valence-electron chi connectivity index (χ3n) is 5.35. The summed E-state index contributed by atoms with van der Waals surface area (Å²) in [6.45, 7) is 4.75. The molecule has 0 saturated carbocycles. The normalized spacial score (nSPS) is 15.0. The molecule has 0 radical (unpaired) electrons. The number of piperazine rings is 1. The lowest BCUT2D eigenvalue weighted by molar-refractivity contribution is -0.117. The maximum absolute atomic E-state index is 14.5. The minimum absolute atomic E-state index is 0.0967. The van der Waals surface area contributed by atoms with Gasteiger partial charge in [0.1, 0.15) is 16.3 Å². The van der Waals surface area contributed by atoms with E-state index in [1.54, 1.807) is 0 Å². The van der Waals surface area contributed by atoms with Crippen molar-refractivity contribution in [1.29, 1.82) is 0 Å². The fourth-order valence-corrected chi connectivity index (χ4v) is 4.22. The Hall–Kier alpha value is -2.89. The summed E-state index contributed by atoms with van der Waals surface area (Å²) in [6, 6.07) is 7.08. The number of rotatable bonds is 5. The lowest BCUT2D eigenvalue weighted by atomic mass is 10.1. The molecule has 3 rings (SSSR count). The Balaban J connectivity index is 1.64. The summed E-state index contributed by atoms with van der Waals surface area (Å²) in [5.74, 6) is -3.85. The van der Waals surface area contributed by atoms with Gasteiger partial charge in [0.2, 0.25) is 15.9 Å². The number of nitrogens with two attached hydrogens (primary N) is 1. The van der Waals surface area contributed by atoms with Crippen molar-refractivity contribution in [1.82, 2.24) is 9.80 Å². The molecule has 0 spiro atoms. The van der Waals surface area contributed by atoms with E-state index in [1.807, 2.05) is 36.9 Å². The van der Waals surface area contributed by atoms with Gasteiger partial charge in [-0.3, -0.25) is 14.5 Å². The smallest absolute Gasteiger partial charge is 0.259 e. The second-order valence-electron chi connectivity index (χ2n) is 7.66. The van der Waals surface area contributed by atoms with Crippen LogP contribution < -0.4 is 10.5 Å². The highest BCUT2D eigenvalue weighted by Crippen LogP contribution is 2.23. The first-order valence-electron chi connectivity index (χ1n) is 9.87. The van der Waals surface area contributed by atoms with Crippen LogP contribution in [-0.4, -0.2) is 62.8 Å². The summed E-state index contributed by atoms with van der Waals surface area (Å²) in [4.78, 5) is 27.2. The molecule has 0 bridgehead atoms. The van der Waals surface area contributed by atoms with Gasteiger partial charge in [0, 0.05) is 31.9 Å². The van der Waals surface area contributed by atoms with E-state index in [-0.39, 0.29) is 25.5 Å². The van der Waals surface area contributed by atoms with Crippen molar-refractivity contribution in [2.24, 2.45) is 5.14 Å². The third kappa shape index (κ3) is 5.12. The molecule has 2 amide bonds. The summed E-state index contributed by atoms with van der Waals surface area (Å²) < 4.78 is 51.7. The molecule has 2 aromatic carbocycles. The van der Waals surface area contributed by atoms with Crippen LogP contribution in [0.15, 0.2) is 35.2 Å². The van der Waals surface area contributed by atoms with E-state index < -0.39 is 38.0 Å². The van der Waals surface area contributed by atoms with E-state index in [1.165, 1.54) is 4.90 Å². The monoisotopic (exact) mass is 466 g/mol. The molecular weight excluding hydrogens is 442 g/mol. The number of aryl methyl sites for hydroxylation is 2. The number of hydrogen-bond acceptors (Lipinski definition) is 5. The first kappa shape index (κ1) is 23.8. The summed E-state index contributed by atoms with van der Waals surface area (Å²) in [6.07, 6.45) is 0. The number of carbonyl (C=O) groups is 2. The summed E-state index contributed by atoms with van der Waals surface area (Å²) in [5, 5.41) is 7.83. The Morgan fingerprint density at radius 2 is 1.62 bits per heavy atom. The lowest BCUT2D eigenvalue weighted by Crippen LogP contribution is -2.50. The summed E-state index contributed by atoms with van der Waals surface area (Å²) >= 11 is 0. The zero-order valence-electron chi connectivity index (χ0n) is 17.7. The van der Waals surface area contributed by atoms with Gasteiger partial charge in [-0.15, -0.1) is 0 Å². The molecule has 3 N–H and O–H groups in total. The summed E-state index contributed by atoms with van der Waals surface area (Å²) in [7, 11) is -4.46. The number of benzene rings is 2. The van der Waals surface area contributed by atoms with Gasteiger partial charge < -0.3 is 10.2 Å². The number of amides is 2. The molecule has 172 valence electrons. The molecule has 11 heteroatoms. The van der Waals surface area contributed by atoms with Gasteiger partial charge in [-0.05, 0) is 37.1 Å². The van der Waals surface area contributed by atoms with Gasteiger partial charge in [0.15, 0.2) is 5.82 Å². The number of nitrogens with one attached hydrogen (secondary N) is 1. The molecule has 1 saturated heterocycles. The molecule has 0 atom stereocenters. The number of sulfonamides is 1. The van der Waals surface area contributed by atoms with Crippen molar-refractivity contribution >= 4 is 27.5 Å². The molecule has 0 aromatic heterocycles. The van der Waals surface area contributed by atoms with Crippen LogP contribution in [0.4, 0.5) is 14.5 Å². The quantitative estimate of drug-likeness (QED) is 0.696. The third-order valence-corrected chi connectivity index (χ3v) is 6.28. The predicted molar refractivity (Wildman–Crippen MR) is 115 cm³/mol. The van der Waals surface area contributed by atoms with Gasteiger partial charge in [-0.25, -0.2) is 22.3 Å². The average Bonchev–Trinajstić information content (AvgIpc) is 2.70. The van der Waals surface area contributed by atoms with Crippen molar-refractivity contribution in [3.8, 4) is 0 Å². The van der Waals surface area contributed by atoms with E-state index >= 15 is 0 Å². The SMILES string of the molecule is Cc1cccc(C)c1NC(=O)CN1CCN(C(=O)c2c(F)ccc(S(N)(=O)=O)c2F)CC1. The number of halogens is 2. The second kappa shape index (κ2) is 9.31. The van der Waals surface area contributed by atoms with Crippen molar-refractivity contribution in [2.75, 3.05) is 38.0 Å². The van der Waals surface area contributed by atoms with Gasteiger partial charge in [0.25, 0.3) is 5.91 Å². The van der Waals surface area contributed by atoms with Crippen LogP contribution in [0.2, 0.25) is 0 Å². The van der Waals surface area contributed by atoms with Crippen LogP contribution >= 0.6 is 0 Å².